The van der Waals surface area contributed by atoms with Gasteiger partial charge in [0.05, 0.1) is 55.0 Å². The molecule has 37 heavy (non-hydrogen) atoms. The van der Waals surface area contributed by atoms with E-state index in [0.29, 0.717) is 41.2 Å². The number of carbonyl (C=O) groups is 1. The maximum atomic E-state index is 11.7. The van der Waals surface area contributed by atoms with Crippen molar-refractivity contribution in [3.8, 4) is 0 Å². The fourth-order valence-corrected chi connectivity index (χ4v) is 4.34. The van der Waals surface area contributed by atoms with E-state index >= 15 is 0 Å². The molecule has 0 fully saturated rings. The lowest BCUT2D eigenvalue weighted by Gasteiger charge is -2.47. The molecule has 0 heterocycles. The minimum Gasteiger partial charge on any atom is -0.463 e. The summed E-state index contributed by atoms with van der Waals surface area (Å²) >= 11 is 0. The van der Waals surface area contributed by atoms with Gasteiger partial charge in [0.15, 0.2) is 0 Å². The van der Waals surface area contributed by atoms with Crippen molar-refractivity contribution >= 4 is 14.6 Å². The quantitative estimate of drug-likeness (QED) is 0.0906. The van der Waals surface area contributed by atoms with Gasteiger partial charge in [0.1, 0.15) is 6.61 Å². The van der Waals surface area contributed by atoms with Gasteiger partial charge < -0.3 is 23.7 Å². The van der Waals surface area contributed by atoms with Crippen LogP contribution in [0.4, 0.5) is 0 Å². The van der Waals surface area contributed by atoms with E-state index in [-0.39, 0.29) is 45.8 Å². The Morgan fingerprint density at radius 3 is 1.92 bits per heavy atom. The molecule has 0 aromatic heterocycles. The minimum atomic E-state index is -0.359. The van der Waals surface area contributed by atoms with Crippen LogP contribution in [0.15, 0.2) is 0 Å². The Morgan fingerprint density at radius 2 is 1.38 bits per heavy atom. The molecule has 0 bridgehead atoms. The summed E-state index contributed by atoms with van der Waals surface area (Å²) < 4.78 is 30.2. The predicted molar refractivity (Wildman–Crippen MR) is 157 cm³/mol. The largest absolute Gasteiger partial charge is 0.463 e. The lowest BCUT2D eigenvalue weighted by molar-refractivity contribution is -0.177. The molecule has 0 aromatic carbocycles. The molecule has 0 aromatic rings. The van der Waals surface area contributed by atoms with Crippen LogP contribution in [-0.4, -0.2) is 73.7 Å². The third-order valence-corrected chi connectivity index (χ3v) is 8.90. The number of rotatable bonds is 20. The predicted octanol–water partition coefficient (Wildman–Crippen LogP) is 7.26. The van der Waals surface area contributed by atoms with Gasteiger partial charge in [0.2, 0.25) is 0 Å². The van der Waals surface area contributed by atoms with Crippen LogP contribution in [0.5, 0.6) is 0 Å². The summed E-state index contributed by atoms with van der Waals surface area (Å²) in [6.07, 6.45) is 3.40. The van der Waals surface area contributed by atoms with Gasteiger partial charge in [-0.15, -0.1) is 8.58 Å². The molecule has 6 nitrogen and oxygen atoms in total. The van der Waals surface area contributed by atoms with Crippen LogP contribution < -0.4 is 0 Å². The van der Waals surface area contributed by atoms with E-state index in [4.69, 9.17) is 23.7 Å². The van der Waals surface area contributed by atoms with Crippen molar-refractivity contribution < 1.29 is 28.5 Å². The molecule has 0 N–H and O–H groups in total. The first-order valence-corrected chi connectivity index (χ1v) is 15.5. The number of hydrogen-bond acceptors (Lipinski definition) is 6. The summed E-state index contributed by atoms with van der Waals surface area (Å²) in [6, 6.07) is 0. The van der Waals surface area contributed by atoms with Gasteiger partial charge in [-0.3, -0.25) is 4.79 Å². The Morgan fingerprint density at radius 1 is 0.784 bits per heavy atom. The van der Waals surface area contributed by atoms with Crippen molar-refractivity contribution in [2.45, 2.75) is 139 Å². The van der Waals surface area contributed by atoms with Crippen LogP contribution in [-0.2, 0) is 28.5 Å². The highest BCUT2D eigenvalue weighted by molar-refractivity contribution is 7.39. The van der Waals surface area contributed by atoms with Crippen LogP contribution in [0.1, 0.15) is 110 Å². The molecular weight excluding hydrogens is 487 g/mol. The average molecular weight is 549 g/mol. The summed E-state index contributed by atoms with van der Waals surface area (Å²) in [7, 11) is 0.632. The van der Waals surface area contributed by atoms with Crippen molar-refractivity contribution in [1.82, 2.24) is 0 Å². The van der Waals surface area contributed by atoms with Gasteiger partial charge in [-0.25, -0.2) is 0 Å². The van der Waals surface area contributed by atoms with E-state index in [1.54, 1.807) is 0 Å². The minimum absolute atomic E-state index is 0.0616. The topological polar surface area (TPSA) is 63.2 Å². The van der Waals surface area contributed by atoms with Crippen LogP contribution in [0.3, 0.4) is 0 Å². The third kappa shape index (κ3) is 14.1. The van der Waals surface area contributed by atoms with Crippen molar-refractivity contribution in [2.75, 3.05) is 38.8 Å². The van der Waals surface area contributed by atoms with Crippen LogP contribution in [0.25, 0.3) is 0 Å². The Kier molecular flexibility index (Phi) is 15.4. The van der Waals surface area contributed by atoms with Crippen LogP contribution >= 0.6 is 8.58 Å². The van der Waals surface area contributed by atoms with Gasteiger partial charge >= 0.3 is 5.97 Å². The van der Waals surface area contributed by atoms with Crippen molar-refractivity contribution in [3.63, 3.8) is 0 Å². The summed E-state index contributed by atoms with van der Waals surface area (Å²) in [5.41, 5.74) is -1.28. The third-order valence-electron chi connectivity index (χ3n) is 7.86. The van der Waals surface area contributed by atoms with Gasteiger partial charge in [0.25, 0.3) is 0 Å². The second-order valence-corrected chi connectivity index (χ2v) is 15.0. The number of esters is 1. The van der Waals surface area contributed by atoms with E-state index in [0.717, 1.165) is 19.0 Å². The number of hydrogen-bond donors (Lipinski definition) is 0. The second-order valence-electron chi connectivity index (χ2n) is 13.5. The van der Waals surface area contributed by atoms with E-state index in [9.17, 15) is 4.79 Å². The molecule has 7 heteroatoms. The normalized spacial score (nSPS) is 15.1. The number of ether oxygens (including phenoxy) is 5. The fraction of sp³-hybridized carbons (Fsp3) is 0.967. The Hall–Kier alpha value is -0.260. The van der Waals surface area contributed by atoms with E-state index in [1.807, 2.05) is 0 Å². The van der Waals surface area contributed by atoms with Crippen LogP contribution in [0.2, 0.25) is 0 Å². The molecule has 0 saturated heterocycles. The molecule has 0 radical (unpaired) electrons. The smallest absolute Gasteiger partial charge is 0.309 e. The molecular formula is C30H61O6P. The standard InChI is InChI=1S/C30H61O6P/c1-15-37-21-25(31)32-18-19-34-28(9,10)16-17-35-29(11,12)26(5,6)20-24(4)36-30(13,14)27(7,8)22-33-23(2)3/h23-24,37H,15-22H2,1-14H3. The van der Waals surface area contributed by atoms with E-state index in [1.165, 1.54) is 0 Å². The van der Waals surface area contributed by atoms with Gasteiger partial charge in [-0.05, 0) is 86.7 Å². The first-order valence-electron chi connectivity index (χ1n) is 14.1. The maximum Gasteiger partial charge on any atom is 0.309 e. The second kappa shape index (κ2) is 15.5. The van der Waals surface area contributed by atoms with Crippen molar-refractivity contribution in [1.29, 1.82) is 0 Å². The highest BCUT2D eigenvalue weighted by Gasteiger charge is 2.43. The zero-order valence-corrected chi connectivity index (χ0v) is 27.8. The molecule has 0 spiro atoms. The maximum absolute atomic E-state index is 11.7. The molecule has 0 aliphatic rings. The summed E-state index contributed by atoms with van der Waals surface area (Å²) in [5.74, 6) is -0.136. The van der Waals surface area contributed by atoms with Gasteiger partial charge in [-0.1, -0.05) is 34.6 Å². The zero-order chi connectivity index (χ0) is 29.1. The molecule has 222 valence electrons. The monoisotopic (exact) mass is 548 g/mol. The lowest BCUT2D eigenvalue weighted by Crippen LogP contribution is -2.49. The Labute approximate surface area is 231 Å². The highest BCUT2D eigenvalue weighted by Crippen LogP contribution is 2.42. The van der Waals surface area contributed by atoms with Crippen molar-refractivity contribution in [3.05, 3.63) is 0 Å². The summed E-state index contributed by atoms with van der Waals surface area (Å²) in [6.45, 7) is 32.0. The van der Waals surface area contributed by atoms with E-state index < -0.39 is 0 Å². The molecule has 0 rings (SSSR count). The highest BCUT2D eigenvalue weighted by atomic mass is 31.1. The van der Waals surface area contributed by atoms with Gasteiger partial charge in [-0.2, -0.15) is 0 Å². The van der Waals surface area contributed by atoms with Crippen molar-refractivity contribution in [2.24, 2.45) is 10.8 Å². The SMILES string of the molecule is CCPCC(=O)OCCOC(C)(C)CCOC(C)(C)C(C)(C)CC(C)OC(C)(C)C(C)(C)COC(C)C. The first-order chi connectivity index (χ1) is 16.7. The molecule has 0 aliphatic carbocycles. The molecule has 2 atom stereocenters. The average Bonchev–Trinajstić information content (AvgIpc) is 2.72. The molecule has 2 unspecified atom stereocenters. The summed E-state index contributed by atoms with van der Waals surface area (Å²) in [4.78, 5) is 11.7. The van der Waals surface area contributed by atoms with E-state index in [2.05, 4.69) is 96.9 Å². The molecule has 0 amide bonds. The first kappa shape index (κ1) is 36.7. The zero-order valence-electron chi connectivity index (χ0n) is 26.8. The lowest BCUT2D eigenvalue weighted by atomic mass is 9.72. The van der Waals surface area contributed by atoms with Gasteiger partial charge in [0, 0.05) is 5.41 Å². The Bertz CT molecular complexity index is 654. The Balaban J connectivity index is 4.74. The molecule has 0 saturated carbocycles. The fourth-order valence-electron chi connectivity index (χ4n) is 3.79. The number of carbonyl (C=O) groups excluding carboxylic acids is 1. The molecule has 0 aliphatic heterocycles. The summed E-state index contributed by atoms with van der Waals surface area (Å²) in [5, 5.41) is 0. The van der Waals surface area contributed by atoms with Crippen LogP contribution in [0, 0.1) is 10.8 Å².